The molecule has 8 nitrogen and oxygen atoms in total. The van der Waals surface area contributed by atoms with E-state index in [9.17, 15) is 35.4 Å². The highest BCUT2D eigenvalue weighted by atomic mass is 16.5. The van der Waals surface area contributed by atoms with Gasteiger partial charge in [0.15, 0.2) is 23.7 Å². The van der Waals surface area contributed by atoms with E-state index in [2.05, 4.69) is 0 Å². The number of rotatable bonds is 1. The molecular formula is C15H12O8. The third-order valence-electron chi connectivity index (χ3n) is 3.55. The van der Waals surface area contributed by atoms with Crippen LogP contribution in [0.15, 0.2) is 24.3 Å². The number of aliphatic hydroxyl groups excluding tert-OH is 1. The average molecular weight is 320 g/mol. The Bertz CT molecular complexity index is 814. The minimum absolute atomic E-state index is 0.144. The molecule has 0 fully saturated rings. The van der Waals surface area contributed by atoms with E-state index in [0.29, 0.717) is 0 Å². The zero-order chi connectivity index (χ0) is 16.9. The van der Waals surface area contributed by atoms with Gasteiger partial charge >= 0.3 is 0 Å². The Morgan fingerprint density at radius 2 is 1.48 bits per heavy atom. The van der Waals surface area contributed by atoms with Gasteiger partial charge in [0.1, 0.15) is 28.6 Å². The van der Waals surface area contributed by atoms with Crippen LogP contribution in [0.3, 0.4) is 0 Å². The standard InChI is InChI=1S/C15H12O8/c16-5-1-10(20)12-11(2-5)23-15(14(22)13(12)21)6-3-8(18)9(19)4-7(6)17/h1-4,14-20,22H. The fraction of sp³-hybridized carbons (Fsp3) is 0.133. The number of Topliss-reactive ketones (excluding diaryl/α,β-unsaturated/α-hetero) is 1. The van der Waals surface area contributed by atoms with Gasteiger partial charge in [-0.3, -0.25) is 4.79 Å². The summed E-state index contributed by atoms with van der Waals surface area (Å²) >= 11 is 0. The molecular weight excluding hydrogens is 308 g/mol. The lowest BCUT2D eigenvalue weighted by Crippen LogP contribution is -2.36. The summed E-state index contributed by atoms with van der Waals surface area (Å²) in [5.41, 5.74) is -0.441. The van der Waals surface area contributed by atoms with Crippen LogP contribution in [0.4, 0.5) is 0 Å². The van der Waals surface area contributed by atoms with Crippen LogP contribution in [0, 0.1) is 0 Å². The second-order valence-corrected chi connectivity index (χ2v) is 5.09. The number of hydrogen-bond acceptors (Lipinski definition) is 8. The van der Waals surface area contributed by atoms with Crippen molar-refractivity contribution < 1.29 is 40.2 Å². The van der Waals surface area contributed by atoms with Gasteiger partial charge in [-0.1, -0.05) is 0 Å². The van der Waals surface area contributed by atoms with Crippen LogP contribution in [0.25, 0.3) is 0 Å². The number of phenolic OH excluding ortho intramolecular Hbond substituents is 5. The first-order valence-corrected chi connectivity index (χ1v) is 6.49. The van der Waals surface area contributed by atoms with Crippen LogP contribution >= 0.6 is 0 Å². The number of fused-ring (bicyclic) bond motifs is 1. The number of hydrogen-bond donors (Lipinski definition) is 6. The molecule has 0 aromatic heterocycles. The SMILES string of the molecule is O=C1c2c(O)cc(O)cc2OC(c2cc(O)c(O)cc2O)C1O. The number of benzene rings is 2. The summed E-state index contributed by atoms with van der Waals surface area (Å²) in [7, 11) is 0. The first kappa shape index (κ1) is 14.8. The summed E-state index contributed by atoms with van der Waals surface area (Å²) in [5.74, 6) is -3.65. The minimum atomic E-state index is -1.77. The summed E-state index contributed by atoms with van der Waals surface area (Å²) in [6.07, 6.45) is -3.17. The lowest BCUT2D eigenvalue weighted by molar-refractivity contribution is 0.0202. The third kappa shape index (κ3) is 2.25. The Morgan fingerprint density at radius 3 is 2.17 bits per heavy atom. The summed E-state index contributed by atoms with van der Waals surface area (Å²) in [5, 5.41) is 58.0. The molecule has 0 amide bonds. The van der Waals surface area contributed by atoms with Crippen molar-refractivity contribution in [2.45, 2.75) is 12.2 Å². The lowest BCUT2D eigenvalue weighted by Gasteiger charge is -2.30. The molecule has 1 aliphatic rings. The molecule has 0 aliphatic carbocycles. The zero-order valence-corrected chi connectivity index (χ0v) is 11.5. The van der Waals surface area contributed by atoms with Crippen LogP contribution < -0.4 is 4.74 Å². The highest BCUT2D eigenvalue weighted by Crippen LogP contribution is 2.45. The number of ketones is 1. The molecule has 2 aromatic rings. The van der Waals surface area contributed by atoms with E-state index in [1.165, 1.54) is 0 Å². The average Bonchev–Trinajstić information content (AvgIpc) is 2.46. The second kappa shape index (κ2) is 4.96. The number of aromatic hydroxyl groups is 5. The van der Waals surface area contributed by atoms with Crippen LogP contribution in [-0.2, 0) is 0 Å². The van der Waals surface area contributed by atoms with Crippen molar-refractivity contribution in [2.24, 2.45) is 0 Å². The lowest BCUT2D eigenvalue weighted by atomic mass is 9.92. The molecule has 0 bridgehead atoms. The predicted octanol–water partition coefficient (Wildman–Crippen LogP) is 0.892. The van der Waals surface area contributed by atoms with Crippen LogP contribution in [0.1, 0.15) is 22.0 Å². The molecule has 1 aliphatic heterocycles. The van der Waals surface area contributed by atoms with Crippen LogP contribution in [0.2, 0.25) is 0 Å². The number of carbonyl (C=O) groups excluding carboxylic acids is 1. The van der Waals surface area contributed by atoms with E-state index in [-0.39, 0.29) is 22.6 Å². The Kier molecular flexibility index (Phi) is 3.19. The molecule has 0 saturated heterocycles. The van der Waals surface area contributed by atoms with Crippen LogP contribution in [0.5, 0.6) is 34.5 Å². The van der Waals surface area contributed by atoms with E-state index < -0.39 is 41.0 Å². The van der Waals surface area contributed by atoms with Gasteiger partial charge in [-0.2, -0.15) is 0 Å². The quantitative estimate of drug-likeness (QED) is 0.335. The molecule has 1 heterocycles. The van der Waals surface area contributed by atoms with Crippen molar-refractivity contribution in [1.82, 2.24) is 0 Å². The fourth-order valence-electron chi connectivity index (χ4n) is 2.46. The van der Waals surface area contributed by atoms with E-state index in [4.69, 9.17) is 4.74 Å². The van der Waals surface area contributed by atoms with Gasteiger partial charge in [-0.15, -0.1) is 0 Å². The summed E-state index contributed by atoms with van der Waals surface area (Å²) < 4.78 is 5.39. The Balaban J connectivity index is 2.13. The number of phenols is 5. The molecule has 2 aromatic carbocycles. The van der Waals surface area contributed by atoms with Crippen molar-refractivity contribution in [3.05, 3.63) is 35.4 Å². The van der Waals surface area contributed by atoms with Gasteiger partial charge < -0.3 is 35.4 Å². The van der Waals surface area contributed by atoms with Gasteiger partial charge in [0.05, 0.1) is 0 Å². The molecule has 6 N–H and O–H groups in total. The van der Waals surface area contributed by atoms with Gasteiger partial charge in [-0.05, 0) is 6.07 Å². The van der Waals surface area contributed by atoms with Crippen molar-refractivity contribution in [3.8, 4) is 34.5 Å². The molecule has 8 heteroatoms. The summed E-state index contributed by atoms with van der Waals surface area (Å²) in [4.78, 5) is 12.2. The molecule has 120 valence electrons. The smallest absolute Gasteiger partial charge is 0.202 e. The van der Waals surface area contributed by atoms with E-state index in [1.807, 2.05) is 0 Å². The molecule has 23 heavy (non-hydrogen) atoms. The van der Waals surface area contributed by atoms with Gasteiger partial charge in [0.2, 0.25) is 5.78 Å². The van der Waals surface area contributed by atoms with E-state index in [1.54, 1.807) is 0 Å². The third-order valence-corrected chi connectivity index (χ3v) is 3.55. The number of carbonyl (C=O) groups is 1. The minimum Gasteiger partial charge on any atom is -0.508 e. The maximum atomic E-state index is 12.2. The normalized spacial score (nSPS) is 20.0. The first-order chi connectivity index (χ1) is 10.8. The molecule has 0 spiro atoms. The molecule has 0 saturated carbocycles. The predicted molar refractivity (Wildman–Crippen MR) is 74.9 cm³/mol. The van der Waals surface area contributed by atoms with Crippen molar-refractivity contribution in [3.63, 3.8) is 0 Å². The largest absolute Gasteiger partial charge is 0.508 e. The van der Waals surface area contributed by atoms with Crippen molar-refractivity contribution >= 4 is 5.78 Å². The monoisotopic (exact) mass is 320 g/mol. The fourth-order valence-corrected chi connectivity index (χ4v) is 2.46. The molecule has 2 unspecified atom stereocenters. The topological polar surface area (TPSA) is 148 Å². The Labute approximate surface area is 129 Å². The maximum Gasteiger partial charge on any atom is 0.202 e. The number of aliphatic hydroxyl groups is 1. The van der Waals surface area contributed by atoms with Gasteiger partial charge in [0.25, 0.3) is 0 Å². The molecule has 3 rings (SSSR count). The highest BCUT2D eigenvalue weighted by molar-refractivity contribution is 6.05. The Hall–Kier alpha value is -3.13. The maximum absolute atomic E-state index is 12.2. The zero-order valence-electron chi connectivity index (χ0n) is 11.5. The van der Waals surface area contributed by atoms with E-state index in [0.717, 1.165) is 24.3 Å². The molecule has 2 atom stereocenters. The Morgan fingerprint density at radius 1 is 0.826 bits per heavy atom. The van der Waals surface area contributed by atoms with Crippen molar-refractivity contribution in [1.29, 1.82) is 0 Å². The highest BCUT2D eigenvalue weighted by Gasteiger charge is 2.40. The summed E-state index contributed by atoms with van der Waals surface area (Å²) in [6.45, 7) is 0. The molecule has 0 radical (unpaired) electrons. The first-order valence-electron chi connectivity index (χ1n) is 6.49. The van der Waals surface area contributed by atoms with Crippen molar-refractivity contribution in [2.75, 3.05) is 0 Å². The van der Waals surface area contributed by atoms with E-state index >= 15 is 0 Å². The van der Waals surface area contributed by atoms with Gasteiger partial charge in [-0.25, -0.2) is 0 Å². The second-order valence-electron chi connectivity index (χ2n) is 5.09. The summed E-state index contributed by atoms with van der Waals surface area (Å²) in [6, 6.07) is 3.78. The number of ether oxygens (including phenoxy) is 1. The van der Waals surface area contributed by atoms with Crippen LogP contribution in [-0.4, -0.2) is 42.5 Å². The van der Waals surface area contributed by atoms with Gasteiger partial charge in [0, 0.05) is 23.8 Å².